The number of benzene rings is 1. The second kappa shape index (κ2) is 5.85. The third-order valence-electron chi connectivity index (χ3n) is 4.33. The van der Waals surface area contributed by atoms with Gasteiger partial charge in [0.05, 0.1) is 6.07 Å². The maximum absolute atomic E-state index is 9.27. The van der Waals surface area contributed by atoms with Crippen LogP contribution in [0.5, 0.6) is 5.75 Å². The van der Waals surface area contributed by atoms with E-state index in [1.807, 2.05) is 13.1 Å². The van der Waals surface area contributed by atoms with E-state index in [9.17, 15) is 5.26 Å². The Hall–Kier alpha value is -1.53. The summed E-state index contributed by atoms with van der Waals surface area (Å²) in [6.07, 6.45) is 2.67. The smallest absolute Gasteiger partial charge is 0.120 e. The van der Waals surface area contributed by atoms with Gasteiger partial charge in [-0.25, -0.2) is 0 Å². The lowest BCUT2D eigenvalue weighted by atomic mass is 9.98. The Balaban J connectivity index is 2.05. The topological polar surface area (TPSA) is 45.0 Å². The second-order valence-electron chi connectivity index (χ2n) is 6.10. The van der Waals surface area contributed by atoms with Crippen LogP contribution in [0.3, 0.4) is 0 Å². The van der Waals surface area contributed by atoms with Crippen molar-refractivity contribution < 1.29 is 4.74 Å². The average Bonchev–Trinajstić information content (AvgIpc) is 2.82. The van der Waals surface area contributed by atoms with Gasteiger partial charge in [0.25, 0.3) is 0 Å². The fourth-order valence-electron chi connectivity index (χ4n) is 3.05. The maximum Gasteiger partial charge on any atom is 0.120 e. The van der Waals surface area contributed by atoms with E-state index in [1.54, 1.807) is 0 Å². The van der Waals surface area contributed by atoms with E-state index in [1.165, 1.54) is 11.1 Å². The Morgan fingerprint density at radius 1 is 1.45 bits per heavy atom. The highest BCUT2D eigenvalue weighted by molar-refractivity contribution is 5.36. The van der Waals surface area contributed by atoms with Crippen molar-refractivity contribution >= 4 is 0 Å². The zero-order valence-corrected chi connectivity index (χ0v) is 12.9. The summed E-state index contributed by atoms with van der Waals surface area (Å²) in [4.78, 5) is 0. The van der Waals surface area contributed by atoms with E-state index in [0.29, 0.717) is 5.92 Å². The molecule has 1 aliphatic rings. The summed E-state index contributed by atoms with van der Waals surface area (Å²) in [5.41, 5.74) is 2.23. The third kappa shape index (κ3) is 2.96. The van der Waals surface area contributed by atoms with E-state index in [0.717, 1.165) is 25.0 Å². The van der Waals surface area contributed by atoms with Crippen LogP contribution in [-0.4, -0.2) is 18.7 Å². The molecule has 3 heteroatoms. The molecule has 0 amide bonds. The van der Waals surface area contributed by atoms with Gasteiger partial charge < -0.3 is 10.1 Å². The number of hydrogen-bond donors (Lipinski definition) is 1. The van der Waals surface area contributed by atoms with Gasteiger partial charge in [0, 0.05) is 6.42 Å². The van der Waals surface area contributed by atoms with Crippen molar-refractivity contribution in [1.82, 2.24) is 5.32 Å². The lowest BCUT2D eigenvalue weighted by Crippen LogP contribution is -2.39. The molecular formula is C17H24N2O. The van der Waals surface area contributed by atoms with Crippen LogP contribution in [0.25, 0.3) is 0 Å². The van der Waals surface area contributed by atoms with E-state index >= 15 is 0 Å². The van der Waals surface area contributed by atoms with Gasteiger partial charge in [-0.2, -0.15) is 5.26 Å². The number of aryl methyl sites for hydroxylation is 1. The van der Waals surface area contributed by atoms with Crippen molar-refractivity contribution in [2.24, 2.45) is 0 Å². The van der Waals surface area contributed by atoms with Crippen molar-refractivity contribution in [2.45, 2.75) is 57.6 Å². The molecule has 108 valence electrons. The number of ether oxygens (including phenoxy) is 1. The number of nitrogens with zero attached hydrogens (tertiary/aromatic N) is 1. The van der Waals surface area contributed by atoms with Crippen molar-refractivity contribution in [3.63, 3.8) is 0 Å². The van der Waals surface area contributed by atoms with Crippen LogP contribution in [0.1, 0.15) is 50.2 Å². The highest BCUT2D eigenvalue weighted by Gasteiger charge is 2.39. The first-order valence-corrected chi connectivity index (χ1v) is 7.37. The minimum Gasteiger partial charge on any atom is -0.490 e. The van der Waals surface area contributed by atoms with Crippen LogP contribution in [0.2, 0.25) is 0 Å². The fourth-order valence-corrected chi connectivity index (χ4v) is 3.05. The van der Waals surface area contributed by atoms with Crippen LogP contribution >= 0.6 is 0 Å². The Bertz CT molecular complexity index is 518. The van der Waals surface area contributed by atoms with Crippen molar-refractivity contribution in [2.75, 3.05) is 7.05 Å². The van der Waals surface area contributed by atoms with Crippen LogP contribution in [-0.2, 0) is 0 Å². The molecule has 2 unspecified atom stereocenters. The van der Waals surface area contributed by atoms with E-state index in [4.69, 9.17) is 4.74 Å². The van der Waals surface area contributed by atoms with Crippen LogP contribution < -0.4 is 10.1 Å². The standard InChI is InChI=1S/C17H24N2O/c1-12(2)16-6-5-14(9-13(16)3)20-15-7-8-17(10-15,11-18)19-4/h5-6,9,12,15,19H,7-8,10H2,1-4H3. The van der Waals surface area contributed by atoms with Gasteiger partial charge in [0.1, 0.15) is 17.4 Å². The molecular weight excluding hydrogens is 248 g/mol. The fraction of sp³-hybridized carbons (Fsp3) is 0.588. The molecule has 1 aromatic carbocycles. The van der Waals surface area contributed by atoms with Gasteiger partial charge in [0.15, 0.2) is 0 Å². The zero-order chi connectivity index (χ0) is 14.8. The number of nitriles is 1. The summed E-state index contributed by atoms with van der Waals surface area (Å²) < 4.78 is 6.06. The normalized spacial score (nSPS) is 25.7. The molecule has 0 spiro atoms. The van der Waals surface area contributed by atoms with Crippen LogP contribution in [0, 0.1) is 18.3 Å². The molecule has 0 aliphatic heterocycles. The van der Waals surface area contributed by atoms with Crippen LogP contribution in [0.4, 0.5) is 0 Å². The Morgan fingerprint density at radius 3 is 2.70 bits per heavy atom. The van der Waals surface area contributed by atoms with E-state index in [2.05, 4.69) is 44.3 Å². The molecule has 2 atom stereocenters. The van der Waals surface area contributed by atoms with Crippen molar-refractivity contribution in [3.05, 3.63) is 29.3 Å². The minimum atomic E-state index is -0.405. The predicted octanol–water partition coefficient (Wildman–Crippen LogP) is 3.53. The van der Waals surface area contributed by atoms with Gasteiger partial charge in [-0.3, -0.25) is 0 Å². The summed E-state index contributed by atoms with van der Waals surface area (Å²) in [7, 11) is 1.85. The Morgan fingerprint density at radius 2 is 2.20 bits per heavy atom. The maximum atomic E-state index is 9.27. The molecule has 1 aliphatic carbocycles. The van der Waals surface area contributed by atoms with Crippen molar-refractivity contribution in [3.8, 4) is 11.8 Å². The van der Waals surface area contributed by atoms with Gasteiger partial charge in [0.2, 0.25) is 0 Å². The molecule has 0 bridgehead atoms. The molecule has 0 heterocycles. The average molecular weight is 272 g/mol. The Kier molecular flexibility index (Phi) is 4.35. The highest BCUT2D eigenvalue weighted by Crippen LogP contribution is 2.33. The van der Waals surface area contributed by atoms with Gasteiger partial charge in [-0.1, -0.05) is 19.9 Å². The lowest BCUT2D eigenvalue weighted by molar-refractivity contribution is 0.202. The van der Waals surface area contributed by atoms with Crippen LogP contribution in [0.15, 0.2) is 18.2 Å². The molecule has 3 nitrogen and oxygen atoms in total. The first kappa shape index (κ1) is 14.9. The molecule has 0 saturated heterocycles. The molecule has 1 aromatic rings. The summed E-state index contributed by atoms with van der Waals surface area (Å²) in [5.74, 6) is 1.45. The van der Waals surface area contributed by atoms with Gasteiger partial charge in [-0.05, 0) is 56.0 Å². The predicted molar refractivity (Wildman–Crippen MR) is 80.9 cm³/mol. The third-order valence-corrected chi connectivity index (χ3v) is 4.33. The quantitative estimate of drug-likeness (QED) is 0.912. The lowest BCUT2D eigenvalue weighted by Gasteiger charge is -2.20. The summed E-state index contributed by atoms with van der Waals surface area (Å²) >= 11 is 0. The molecule has 1 fully saturated rings. The summed E-state index contributed by atoms with van der Waals surface area (Å²) in [5, 5.41) is 12.4. The SMILES string of the molecule is CNC1(C#N)CCC(Oc2ccc(C(C)C)c(C)c2)C1. The Labute approximate surface area is 121 Å². The first-order chi connectivity index (χ1) is 9.49. The zero-order valence-electron chi connectivity index (χ0n) is 12.9. The molecule has 0 aromatic heterocycles. The number of hydrogen-bond acceptors (Lipinski definition) is 3. The first-order valence-electron chi connectivity index (χ1n) is 7.37. The molecule has 0 radical (unpaired) electrons. The molecule has 20 heavy (non-hydrogen) atoms. The molecule has 2 rings (SSSR count). The van der Waals surface area contributed by atoms with E-state index in [-0.39, 0.29) is 6.10 Å². The monoisotopic (exact) mass is 272 g/mol. The second-order valence-corrected chi connectivity index (χ2v) is 6.10. The van der Waals surface area contributed by atoms with Gasteiger partial charge >= 0.3 is 0 Å². The highest BCUT2D eigenvalue weighted by atomic mass is 16.5. The largest absolute Gasteiger partial charge is 0.490 e. The van der Waals surface area contributed by atoms with E-state index < -0.39 is 5.54 Å². The minimum absolute atomic E-state index is 0.131. The van der Waals surface area contributed by atoms with Crippen molar-refractivity contribution in [1.29, 1.82) is 5.26 Å². The number of nitrogens with one attached hydrogen (secondary N) is 1. The number of rotatable bonds is 4. The molecule has 1 saturated carbocycles. The summed E-state index contributed by atoms with van der Waals surface area (Å²) in [6, 6.07) is 8.70. The molecule has 1 N–H and O–H groups in total. The summed E-state index contributed by atoms with van der Waals surface area (Å²) in [6.45, 7) is 6.53. The van der Waals surface area contributed by atoms with Gasteiger partial charge in [-0.15, -0.1) is 0 Å².